The third-order valence-corrected chi connectivity index (χ3v) is 7.75. The molecule has 2 aliphatic rings. The predicted octanol–water partition coefficient (Wildman–Crippen LogP) is 5.02. The van der Waals surface area contributed by atoms with Crippen LogP contribution in [-0.2, 0) is 11.3 Å². The number of piperidine rings is 1. The number of carbonyl (C=O) groups excluding carboxylic acids is 1. The molecule has 180 valence electrons. The van der Waals surface area contributed by atoms with Crippen LogP contribution in [0, 0.1) is 11.8 Å². The fourth-order valence-corrected chi connectivity index (χ4v) is 5.91. The minimum atomic E-state index is -0.814. The van der Waals surface area contributed by atoms with Crippen LogP contribution in [0.15, 0.2) is 22.7 Å². The van der Waals surface area contributed by atoms with E-state index in [-0.39, 0.29) is 12.6 Å². The maximum atomic E-state index is 11.4. The van der Waals surface area contributed by atoms with Gasteiger partial charge in [-0.3, -0.25) is 0 Å². The van der Waals surface area contributed by atoms with E-state index in [0.29, 0.717) is 18.3 Å². The monoisotopic (exact) mass is 473 g/mol. The van der Waals surface area contributed by atoms with E-state index in [1.54, 1.807) is 12.4 Å². The summed E-state index contributed by atoms with van der Waals surface area (Å²) in [7, 11) is 0. The summed E-state index contributed by atoms with van der Waals surface area (Å²) in [6.45, 7) is 6.86. The van der Waals surface area contributed by atoms with Crippen molar-refractivity contribution in [1.82, 2.24) is 14.5 Å². The van der Waals surface area contributed by atoms with Gasteiger partial charge >= 0.3 is 6.09 Å². The van der Waals surface area contributed by atoms with Gasteiger partial charge in [-0.05, 0) is 62.5 Å². The molecular weight excluding hydrogens is 438 g/mol. The lowest BCUT2D eigenvalue weighted by molar-refractivity contribution is 0.0875. The molecule has 0 unspecified atom stereocenters. The lowest BCUT2D eigenvalue weighted by Crippen LogP contribution is -2.44. The van der Waals surface area contributed by atoms with Crippen LogP contribution in [0.2, 0.25) is 0 Å². The summed E-state index contributed by atoms with van der Waals surface area (Å²) in [6, 6.07) is 4.81. The van der Waals surface area contributed by atoms with E-state index < -0.39 is 6.09 Å². The first-order chi connectivity index (χ1) is 16.0. The number of primary amides is 1. The molecule has 2 aromatic heterocycles. The summed E-state index contributed by atoms with van der Waals surface area (Å²) in [6.07, 6.45) is 9.89. The summed E-state index contributed by atoms with van der Waals surface area (Å²) in [5.74, 6) is 1.66. The van der Waals surface area contributed by atoms with Gasteiger partial charge in [0.2, 0.25) is 0 Å². The van der Waals surface area contributed by atoms with Crippen LogP contribution in [0.5, 0.6) is 0 Å². The highest BCUT2D eigenvalue weighted by atomic mass is 32.2. The Morgan fingerprint density at radius 3 is 2.64 bits per heavy atom. The summed E-state index contributed by atoms with van der Waals surface area (Å²) < 4.78 is 20.5. The highest BCUT2D eigenvalue weighted by Gasteiger charge is 2.32. The van der Waals surface area contributed by atoms with Crippen LogP contribution in [0.4, 0.5) is 4.79 Å². The summed E-state index contributed by atoms with van der Waals surface area (Å²) in [4.78, 5) is 18.7. The van der Waals surface area contributed by atoms with Crippen LogP contribution >= 0.6 is 12.2 Å². The Morgan fingerprint density at radius 1 is 1.27 bits per heavy atom. The molecule has 2 aromatic rings. The summed E-state index contributed by atoms with van der Waals surface area (Å²) >= 11 is 0.401. The van der Waals surface area contributed by atoms with Crippen molar-refractivity contribution < 1.29 is 14.1 Å². The van der Waals surface area contributed by atoms with Crippen molar-refractivity contribution in [3.63, 3.8) is 0 Å². The Kier molecular flexibility index (Phi) is 7.93. The topological polar surface area (TPSA) is 106 Å². The van der Waals surface area contributed by atoms with Crippen LogP contribution in [0.3, 0.4) is 0 Å². The van der Waals surface area contributed by atoms with Crippen LogP contribution in [0.1, 0.15) is 69.7 Å². The number of amides is 1. The molecule has 3 N–H and O–H groups in total. The quantitative estimate of drug-likeness (QED) is 0.332. The van der Waals surface area contributed by atoms with Crippen LogP contribution in [0.25, 0.3) is 11.0 Å². The minimum absolute atomic E-state index is 0.0442. The van der Waals surface area contributed by atoms with Gasteiger partial charge in [0.1, 0.15) is 24.5 Å². The minimum Gasteiger partial charge on any atom is -0.443 e. The number of pyridine rings is 1. The maximum absolute atomic E-state index is 11.4. The molecule has 3 heterocycles. The number of likely N-dealkylation sites (tertiary alicyclic amines) is 1. The highest BCUT2D eigenvalue weighted by Crippen LogP contribution is 2.37. The number of aromatic nitrogens is 2. The van der Waals surface area contributed by atoms with E-state index in [0.717, 1.165) is 60.1 Å². The Labute approximate surface area is 199 Å². The zero-order valence-corrected chi connectivity index (χ0v) is 20.3. The molecule has 1 saturated carbocycles. The molecule has 4 rings (SSSR count). The first-order valence-corrected chi connectivity index (χ1v) is 12.7. The SMILES string of the molecule is CC(C)C1CCC(N2CCC(n3c(COC(N)=O)c(C=NSO)c4cccnc43)CC2)CC1. The van der Waals surface area contributed by atoms with Crippen molar-refractivity contribution in [3.8, 4) is 0 Å². The van der Waals surface area contributed by atoms with Gasteiger partial charge in [-0.2, -0.15) is 4.40 Å². The fourth-order valence-electron chi connectivity index (χ4n) is 5.76. The van der Waals surface area contributed by atoms with Gasteiger partial charge in [-0.15, -0.1) is 0 Å². The normalized spacial score (nSPS) is 23.0. The van der Waals surface area contributed by atoms with Gasteiger partial charge in [0.15, 0.2) is 0 Å². The molecule has 1 saturated heterocycles. The predicted molar refractivity (Wildman–Crippen MR) is 132 cm³/mol. The van der Waals surface area contributed by atoms with Gasteiger partial charge < -0.3 is 24.5 Å². The molecule has 0 bridgehead atoms. The van der Waals surface area contributed by atoms with Gasteiger partial charge in [-0.1, -0.05) is 13.8 Å². The number of carbonyl (C=O) groups is 1. The van der Waals surface area contributed by atoms with E-state index in [1.165, 1.54) is 25.7 Å². The second-order valence-corrected chi connectivity index (χ2v) is 9.98. The van der Waals surface area contributed by atoms with Crippen molar-refractivity contribution in [2.75, 3.05) is 13.1 Å². The van der Waals surface area contributed by atoms with Crippen molar-refractivity contribution in [3.05, 3.63) is 29.6 Å². The van der Waals surface area contributed by atoms with E-state index in [4.69, 9.17) is 15.0 Å². The Bertz CT molecular complexity index is 976. The standard InChI is InChI=1S/C24H35N5O3S/c1-16(2)17-5-7-18(8-6-17)28-12-9-19(10-13-28)29-22(15-32-24(25)30)21(14-27-33-31)20-4-3-11-26-23(20)29/h3-4,11,14,16-19,31H,5-10,12-13,15H2,1-2H3,(H2,25,30). The number of hydrogen-bond acceptors (Lipinski definition) is 7. The second kappa shape index (κ2) is 10.9. The molecule has 0 aromatic carbocycles. The Balaban J connectivity index is 1.55. The average Bonchev–Trinajstić information content (AvgIpc) is 3.14. The van der Waals surface area contributed by atoms with E-state index in [9.17, 15) is 4.79 Å². The first-order valence-electron chi connectivity index (χ1n) is 12.0. The number of hydrogen-bond donors (Lipinski definition) is 2. The average molecular weight is 474 g/mol. The first kappa shape index (κ1) is 24.0. The number of ether oxygens (including phenoxy) is 1. The molecule has 1 aliphatic carbocycles. The zero-order chi connectivity index (χ0) is 23.4. The largest absolute Gasteiger partial charge is 0.443 e. The maximum Gasteiger partial charge on any atom is 0.404 e. The summed E-state index contributed by atoms with van der Waals surface area (Å²) in [5.41, 5.74) is 7.74. The van der Waals surface area contributed by atoms with Crippen molar-refractivity contribution in [2.45, 2.75) is 71.1 Å². The molecule has 1 amide bonds. The lowest BCUT2D eigenvalue weighted by atomic mass is 9.79. The fraction of sp³-hybridized carbons (Fsp3) is 0.625. The number of nitrogens with zero attached hydrogens (tertiary/aromatic N) is 4. The van der Waals surface area contributed by atoms with Crippen molar-refractivity contribution >= 4 is 35.6 Å². The molecule has 0 atom stereocenters. The molecular formula is C24H35N5O3S. The van der Waals surface area contributed by atoms with E-state index in [2.05, 4.69) is 32.7 Å². The Hall–Kier alpha value is -2.10. The molecule has 2 fully saturated rings. The zero-order valence-electron chi connectivity index (χ0n) is 19.5. The number of nitrogens with two attached hydrogens (primary N) is 1. The molecule has 9 heteroatoms. The number of rotatable bonds is 7. The third kappa shape index (κ3) is 5.36. The summed E-state index contributed by atoms with van der Waals surface area (Å²) in [5, 5.41) is 0.924. The molecule has 8 nitrogen and oxygen atoms in total. The number of fused-ring (bicyclic) bond motifs is 1. The molecule has 0 spiro atoms. The van der Waals surface area contributed by atoms with Gasteiger partial charge in [-0.25, -0.2) is 9.78 Å². The van der Waals surface area contributed by atoms with Gasteiger partial charge in [0.05, 0.1) is 5.69 Å². The van der Waals surface area contributed by atoms with Crippen molar-refractivity contribution in [2.24, 2.45) is 22.0 Å². The Morgan fingerprint density at radius 2 is 2.00 bits per heavy atom. The van der Waals surface area contributed by atoms with Crippen LogP contribution < -0.4 is 5.73 Å². The second-order valence-electron chi connectivity index (χ2n) is 9.61. The van der Waals surface area contributed by atoms with Crippen LogP contribution in [-0.4, -0.2) is 50.4 Å². The smallest absolute Gasteiger partial charge is 0.404 e. The van der Waals surface area contributed by atoms with Gasteiger partial charge in [0, 0.05) is 48.5 Å². The molecule has 1 aliphatic heterocycles. The van der Waals surface area contributed by atoms with E-state index >= 15 is 0 Å². The third-order valence-electron chi connectivity index (χ3n) is 7.55. The molecule has 0 radical (unpaired) electrons. The van der Waals surface area contributed by atoms with E-state index in [1.807, 2.05) is 12.1 Å². The highest BCUT2D eigenvalue weighted by molar-refractivity contribution is 7.92. The molecule has 33 heavy (non-hydrogen) atoms. The van der Waals surface area contributed by atoms with Crippen molar-refractivity contribution in [1.29, 1.82) is 0 Å². The lowest BCUT2D eigenvalue weighted by Gasteiger charge is -2.42. The van der Waals surface area contributed by atoms with Gasteiger partial charge in [0.25, 0.3) is 0 Å².